The van der Waals surface area contributed by atoms with Crippen molar-refractivity contribution in [3.05, 3.63) is 17.8 Å². The third kappa shape index (κ3) is 2.15. The van der Waals surface area contributed by atoms with E-state index in [9.17, 15) is 4.79 Å². The van der Waals surface area contributed by atoms with Gasteiger partial charge in [-0.2, -0.15) is 0 Å². The van der Waals surface area contributed by atoms with Gasteiger partial charge in [0, 0.05) is 12.6 Å². The number of carboxylic acid groups (broad SMARTS) is 1. The Kier molecular flexibility index (Phi) is 2.87. The van der Waals surface area contributed by atoms with E-state index in [4.69, 9.17) is 5.11 Å². The topological polar surface area (TPSA) is 66.3 Å². The number of anilines is 1. The SMILES string of the molecule is O=C(O)CCN(c1ncnc2sccc12)C1CC1. The lowest BCUT2D eigenvalue weighted by atomic mass is 10.3. The van der Waals surface area contributed by atoms with E-state index in [1.165, 1.54) is 0 Å². The van der Waals surface area contributed by atoms with Gasteiger partial charge in [0.2, 0.25) is 0 Å². The molecule has 18 heavy (non-hydrogen) atoms. The molecule has 2 aromatic heterocycles. The molecular formula is C12H13N3O2S. The van der Waals surface area contributed by atoms with Crippen LogP contribution in [0.5, 0.6) is 0 Å². The van der Waals surface area contributed by atoms with Gasteiger partial charge in [-0.05, 0) is 24.3 Å². The highest BCUT2D eigenvalue weighted by molar-refractivity contribution is 7.16. The Hall–Kier alpha value is -1.69. The fourth-order valence-electron chi connectivity index (χ4n) is 2.07. The van der Waals surface area contributed by atoms with Crippen molar-refractivity contribution in [3.63, 3.8) is 0 Å². The molecule has 0 aromatic carbocycles. The molecule has 6 heteroatoms. The highest BCUT2D eigenvalue weighted by atomic mass is 32.1. The van der Waals surface area contributed by atoms with Gasteiger partial charge in [0.15, 0.2) is 0 Å². The Morgan fingerprint density at radius 3 is 3.06 bits per heavy atom. The van der Waals surface area contributed by atoms with E-state index < -0.39 is 5.97 Å². The lowest BCUT2D eigenvalue weighted by molar-refractivity contribution is -0.136. The predicted octanol–water partition coefficient (Wildman–Crippen LogP) is 2.13. The summed E-state index contributed by atoms with van der Waals surface area (Å²) in [7, 11) is 0. The third-order valence-electron chi connectivity index (χ3n) is 3.07. The number of thiophene rings is 1. The molecule has 1 N–H and O–H groups in total. The molecule has 0 aliphatic heterocycles. The summed E-state index contributed by atoms with van der Waals surface area (Å²) >= 11 is 1.58. The number of rotatable bonds is 5. The van der Waals surface area contributed by atoms with E-state index in [1.54, 1.807) is 17.7 Å². The van der Waals surface area contributed by atoms with Crippen LogP contribution in [0.4, 0.5) is 5.82 Å². The zero-order valence-electron chi connectivity index (χ0n) is 9.74. The standard InChI is InChI=1S/C12H13N3O2S/c16-10(17)3-5-15(8-1-2-8)11-9-4-6-18-12(9)14-7-13-11/h4,6-8H,1-3,5H2,(H,16,17). The molecule has 0 spiro atoms. The zero-order chi connectivity index (χ0) is 12.5. The largest absolute Gasteiger partial charge is 0.481 e. The van der Waals surface area contributed by atoms with Crippen LogP contribution in [0.1, 0.15) is 19.3 Å². The van der Waals surface area contributed by atoms with Crippen LogP contribution in [0, 0.1) is 0 Å². The fourth-order valence-corrected chi connectivity index (χ4v) is 2.80. The van der Waals surface area contributed by atoms with E-state index in [-0.39, 0.29) is 6.42 Å². The summed E-state index contributed by atoms with van der Waals surface area (Å²) in [5, 5.41) is 11.8. The van der Waals surface area contributed by atoms with Crippen LogP contribution in [-0.4, -0.2) is 33.6 Å². The molecule has 0 radical (unpaired) electrons. The molecule has 0 unspecified atom stereocenters. The van der Waals surface area contributed by atoms with Crippen molar-refractivity contribution in [2.24, 2.45) is 0 Å². The van der Waals surface area contributed by atoms with Crippen molar-refractivity contribution >= 4 is 33.3 Å². The number of hydrogen-bond acceptors (Lipinski definition) is 5. The number of hydrogen-bond donors (Lipinski definition) is 1. The zero-order valence-corrected chi connectivity index (χ0v) is 10.6. The Morgan fingerprint density at radius 1 is 1.50 bits per heavy atom. The molecule has 0 atom stereocenters. The number of nitrogens with zero attached hydrogens (tertiary/aromatic N) is 3. The molecular weight excluding hydrogens is 250 g/mol. The van der Waals surface area contributed by atoms with Gasteiger partial charge < -0.3 is 10.0 Å². The van der Waals surface area contributed by atoms with Gasteiger partial charge in [0.25, 0.3) is 0 Å². The minimum Gasteiger partial charge on any atom is -0.481 e. The maximum atomic E-state index is 10.7. The van der Waals surface area contributed by atoms with Gasteiger partial charge in [0.05, 0.1) is 11.8 Å². The summed E-state index contributed by atoms with van der Waals surface area (Å²) in [6.45, 7) is 0.516. The van der Waals surface area contributed by atoms with Crippen molar-refractivity contribution in [2.75, 3.05) is 11.4 Å². The van der Waals surface area contributed by atoms with Crippen LogP contribution in [0.2, 0.25) is 0 Å². The maximum absolute atomic E-state index is 10.7. The van der Waals surface area contributed by atoms with Crippen molar-refractivity contribution in [3.8, 4) is 0 Å². The van der Waals surface area contributed by atoms with Gasteiger partial charge in [-0.15, -0.1) is 11.3 Å². The molecule has 5 nitrogen and oxygen atoms in total. The molecule has 2 aromatic rings. The minimum absolute atomic E-state index is 0.145. The molecule has 0 bridgehead atoms. The molecule has 0 amide bonds. The molecule has 3 rings (SSSR count). The van der Waals surface area contributed by atoms with Crippen LogP contribution in [-0.2, 0) is 4.79 Å². The quantitative estimate of drug-likeness (QED) is 0.895. The molecule has 94 valence electrons. The maximum Gasteiger partial charge on any atom is 0.305 e. The van der Waals surface area contributed by atoms with Crippen LogP contribution in [0.3, 0.4) is 0 Å². The highest BCUT2D eigenvalue weighted by Crippen LogP contribution is 2.35. The molecule has 2 heterocycles. The molecule has 0 saturated heterocycles. The van der Waals surface area contributed by atoms with Crippen molar-refractivity contribution in [1.29, 1.82) is 0 Å². The van der Waals surface area contributed by atoms with Crippen LogP contribution >= 0.6 is 11.3 Å². The minimum atomic E-state index is -0.767. The Balaban J connectivity index is 1.93. The monoisotopic (exact) mass is 263 g/mol. The second kappa shape index (κ2) is 4.53. The van der Waals surface area contributed by atoms with Gasteiger partial charge in [0.1, 0.15) is 17.0 Å². The summed E-state index contributed by atoms with van der Waals surface area (Å²) in [5.41, 5.74) is 0. The van der Waals surface area contributed by atoms with Crippen LogP contribution in [0.25, 0.3) is 10.2 Å². The highest BCUT2D eigenvalue weighted by Gasteiger charge is 2.31. The lowest BCUT2D eigenvalue weighted by Gasteiger charge is -2.23. The van der Waals surface area contributed by atoms with E-state index in [2.05, 4.69) is 14.9 Å². The lowest BCUT2D eigenvalue weighted by Crippen LogP contribution is -2.29. The third-order valence-corrected chi connectivity index (χ3v) is 3.89. The number of carboxylic acids is 1. The fraction of sp³-hybridized carbons (Fsp3) is 0.417. The van der Waals surface area contributed by atoms with E-state index >= 15 is 0 Å². The summed E-state index contributed by atoms with van der Waals surface area (Å²) in [5.74, 6) is 0.112. The number of aliphatic carboxylic acids is 1. The number of fused-ring (bicyclic) bond motifs is 1. The first-order valence-corrected chi connectivity index (χ1v) is 6.80. The summed E-state index contributed by atoms with van der Waals surface area (Å²) in [6.07, 6.45) is 3.95. The van der Waals surface area contributed by atoms with E-state index in [0.29, 0.717) is 12.6 Å². The molecule has 1 fully saturated rings. The summed E-state index contributed by atoms with van der Waals surface area (Å²) < 4.78 is 0. The van der Waals surface area contributed by atoms with Gasteiger partial charge in [-0.1, -0.05) is 0 Å². The number of carbonyl (C=O) groups is 1. The van der Waals surface area contributed by atoms with Crippen molar-refractivity contribution in [2.45, 2.75) is 25.3 Å². The molecule has 1 aliphatic rings. The van der Waals surface area contributed by atoms with Crippen LogP contribution in [0.15, 0.2) is 17.8 Å². The van der Waals surface area contributed by atoms with E-state index in [1.807, 2.05) is 11.4 Å². The average Bonchev–Trinajstić information content (AvgIpc) is 3.06. The Morgan fingerprint density at radius 2 is 2.33 bits per heavy atom. The first kappa shape index (κ1) is 11.4. The van der Waals surface area contributed by atoms with Gasteiger partial charge in [-0.25, -0.2) is 9.97 Å². The second-order valence-corrected chi connectivity index (χ2v) is 5.30. The second-order valence-electron chi connectivity index (χ2n) is 4.41. The molecule has 1 aliphatic carbocycles. The van der Waals surface area contributed by atoms with Gasteiger partial charge in [-0.3, -0.25) is 4.79 Å². The summed E-state index contributed by atoms with van der Waals surface area (Å²) in [6, 6.07) is 2.45. The predicted molar refractivity (Wildman–Crippen MR) is 70.0 cm³/mol. The average molecular weight is 263 g/mol. The van der Waals surface area contributed by atoms with Crippen LogP contribution < -0.4 is 4.90 Å². The van der Waals surface area contributed by atoms with Crippen molar-refractivity contribution < 1.29 is 9.90 Å². The van der Waals surface area contributed by atoms with E-state index in [0.717, 1.165) is 28.9 Å². The van der Waals surface area contributed by atoms with Crippen molar-refractivity contribution in [1.82, 2.24) is 9.97 Å². The normalized spacial score (nSPS) is 14.9. The first-order chi connectivity index (χ1) is 8.75. The Bertz CT molecular complexity index is 579. The molecule has 1 saturated carbocycles. The number of aromatic nitrogens is 2. The first-order valence-electron chi connectivity index (χ1n) is 5.92. The smallest absolute Gasteiger partial charge is 0.305 e. The summed E-state index contributed by atoms with van der Waals surface area (Å²) in [4.78, 5) is 22.4. The van der Waals surface area contributed by atoms with Gasteiger partial charge >= 0.3 is 5.97 Å². The Labute approximate surface area is 108 Å².